The van der Waals surface area contributed by atoms with E-state index in [9.17, 15) is 9.90 Å². The highest BCUT2D eigenvalue weighted by Gasteiger charge is 2.30. The number of aliphatic hydroxyl groups is 1. The minimum Gasteiger partial charge on any atom is -0.469 e. The molecular formula is C16H19NO4. The number of methoxy groups -OCH3 is 1. The molecule has 2 atom stereocenters. The maximum Gasteiger partial charge on any atom is 0.313 e. The fraction of sp³-hybridized carbons (Fsp3) is 0.312. The van der Waals surface area contributed by atoms with Crippen molar-refractivity contribution in [3.63, 3.8) is 0 Å². The molecule has 0 aliphatic heterocycles. The lowest BCUT2D eigenvalue weighted by Gasteiger charge is -2.19. The maximum atomic E-state index is 11.8. The van der Waals surface area contributed by atoms with Crippen molar-refractivity contribution in [1.82, 2.24) is 5.32 Å². The van der Waals surface area contributed by atoms with Crippen molar-refractivity contribution in [3.05, 3.63) is 60.1 Å². The number of carbonyl (C=O) groups excluding carboxylic acids is 1. The van der Waals surface area contributed by atoms with Crippen molar-refractivity contribution in [3.8, 4) is 0 Å². The molecule has 0 bridgehead atoms. The van der Waals surface area contributed by atoms with Crippen molar-refractivity contribution in [2.24, 2.45) is 5.92 Å². The predicted octanol–water partition coefficient (Wildman–Crippen LogP) is 1.89. The Morgan fingerprint density at radius 1 is 1.29 bits per heavy atom. The van der Waals surface area contributed by atoms with E-state index >= 15 is 0 Å². The van der Waals surface area contributed by atoms with Gasteiger partial charge in [-0.05, 0) is 17.7 Å². The fourth-order valence-corrected chi connectivity index (χ4v) is 2.10. The smallest absolute Gasteiger partial charge is 0.313 e. The first kappa shape index (κ1) is 15.3. The van der Waals surface area contributed by atoms with Crippen LogP contribution in [-0.4, -0.2) is 24.7 Å². The van der Waals surface area contributed by atoms with E-state index in [0.29, 0.717) is 18.8 Å². The molecule has 1 heterocycles. The molecule has 2 N–H and O–H groups in total. The summed E-state index contributed by atoms with van der Waals surface area (Å²) in [6.07, 6.45) is 0.431. The molecule has 0 amide bonds. The number of aliphatic hydroxyl groups excluding tert-OH is 1. The van der Waals surface area contributed by atoms with Crippen molar-refractivity contribution in [2.45, 2.75) is 12.6 Å². The summed E-state index contributed by atoms with van der Waals surface area (Å²) in [5.74, 6) is -0.837. The zero-order valence-electron chi connectivity index (χ0n) is 11.9. The number of esters is 1. The highest BCUT2D eigenvalue weighted by Crippen LogP contribution is 2.23. The number of benzene rings is 1. The largest absolute Gasteiger partial charge is 0.469 e. The molecular weight excluding hydrogens is 270 g/mol. The highest BCUT2D eigenvalue weighted by atomic mass is 16.5. The number of ether oxygens (including phenoxy) is 1. The predicted molar refractivity (Wildman–Crippen MR) is 77.3 cm³/mol. The topological polar surface area (TPSA) is 71.7 Å². The van der Waals surface area contributed by atoms with Crippen LogP contribution in [-0.2, 0) is 16.1 Å². The van der Waals surface area contributed by atoms with Gasteiger partial charge in [0, 0.05) is 13.1 Å². The normalized spacial score (nSPS) is 13.6. The van der Waals surface area contributed by atoms with E-state index in [1.165, 1.54) is 13.4 Å². The first-order valence-electron chi connectivity index (χ1n) is 6.76. The Balaban J connectivity index is 1.95. The van der Waals surface area contributed by atoms with Gasteiger partial charge >= 0.3 is 5.97 Å². The molecule has 21 heavy (non-hydrogen) atoms. The number of carbonyl (C=O) groups is 1. The third-order valence-corrected chi connectivity index (χ3v) is 3.26. The minimum atomic E-state index is -1.03. The highest BCUT2D eigenvalue weighted by molar-refractivity contribution is 5.73. The second-order valence-electron chi connectivity index (χ2n) is 4.71. The maximum absolute atomic E-state index is 11.8. The molecule has 1 aromatic heterocycles. The van der Waals surface area contributed by atoms with Crippen LogP contribution in [0.15, 0.2) is 53.1 Å². The standard InChI is InChI=1S/C16H19NO4/c1-20-16(19)13(15(18)14-8-5-9-21-14)11-17-10-12-6-3-2-4-7-12/h2-9,13,15,17-18H,10-11H2,1H3/t13-,15-/m0/s1. The fourth-order valence-electron chi connectivity index (χ4n) is 2.10. The first-order chi connectivity index (χ1) is 10.2. The molecule has 2 aromatic rings. The number of furan rings is 1. The van der Waals surface area contributed by atoms with Crippen LogP contribution in [0, 0.1) is 5.92 Å². The van der Waals surface area contributed by atoms with Gasteiger partial charge in [-0.25, -0.2) is 0 Å². The van der Waals surface area contributed by atoms with Crippen molar-refractivity contribution < 1.29 is 19.1 Å². The van der Waals surface area contributed by atoms with Crippen LogP contribution in [0.1, 0.15) is 17.4 Å². The summed E-state index contributed by atoms with van der Waals surface area (Å²) in [5, 5.41) is 13.4. The van der Waals surface area contributed by atoms with Crippen molar-refractivity contribution >= 4 is 5.97 Å². The molecule has 0 radical (unpaired) electrons. The van der Waals surface area contributed by atoms with Crippen molar-refractivity contribution in [2.75, 3.05) is 13.7 Å². The molecule has 0 spiro atoms. The Bertz CT molecular complexity index is 539. The SMILES string of the molecule is COC(=O)[C@@H](CNCc1ccccc1)[C@H](O)c1ccco1. The Hall–Kier alpha value is -2.11. The number of hydrogen-bond donors (Lipinski definition) is 2. The van der Waals surface area contributed by atoms with Gasteiger partial charge in [0.1, 0.15) is 17.8 Å². The summed E-state index contributed by atoms with van der Waals surface area (Å²) in [6, 6.07) is 13.1. The Morgan fingerprint density at radius 2 is 2.05 bits per heavy atom. The molecule has 5 nitrogen and oxygen atoms in total. The molecule has 0 saturated heterocycles. The zero-order chi connectivity index (χ0) is 15.1. The van der Waals surface area contributed by atoms with Crippen LogP contribution >= 0.6 is 0 Å². The van der Waals surface area contributed by atoms with Crippen LogP contribution in [0.2, 0.25) is 0 Å². The molecule has 112 valence electrons. The molecule has 1 aromatic carbocycles. The number of hydrogen-bond acceptors (Lipinski definition) is 5. The average Bonchev–Trinajstić information content (AvgIpc) is 3.06. The minimum absolute atomic E-state index is 0.295. The summed E-state index contributed by atoms with van der Waals surface area (Å²) in [4.78, 5) is 11.8. The van der Waals surface area contributed by atoms with E-state index in [1.54, 1.807) is 12.1 Å². The third kappa shape index (κ3) is 4.18. The number of rotatable bonds is 7. The quantitative estimate of drug-likeness (QED) is 0.762. The van der Waals surface area contributed by atoms with Gasteiger partial charge in [0.25, 0.3) is 0 Å². The molecule has 5 heteroatoms. The molecule has 0 fully saturated rings. The first-order valence-corrected chi connectivity index (χ1v) is 6.76. The summed E-state index contributed by atoms with van der Waals surface area (Å²) < 4.78 is 9.90. The van der Waals surface area contributed by atoms with Gasteiger partial charge in [-0.3, -0.25) is 4.79 Å². The van der Waals surface area contributed by atoms with Crippen LogP contribution in [0.5, 0.6) is 0 Å². The van der Waals surface area contributed by atoms with E-state index in [1.807, 2.05) is 30.3 Å². The average molecular weight is 289 g/mol. The van der Waals surface area contributed by atoms with Gasteiger partial charge in [0.2, 0.25) is 0 Å². The van der Waals surface area contributed by atoms with Gasteiger partial charge in [0.15, 0.2) is 0 Å². The van der Waals surface area contributed by atoms with Gasteiger partial charge < -0.3 is 19.6 Å². The van der Waals surface area contributed by atoms with Crippen LogP contribution in [0.4, 0.5) is 0 Å². The summed E-state index contributed by atoms with van der Waals surface area (Å²) in [6.45, 7) is 0.905. The van der Waals surface area contributed by atoms with E-state index < -0.39 is 18.0 Å². The lowest BCUT2D eigenvalue weighted by molar-refractivity contribution is -0.150. The summed E-state index contributed by atoms with van der Waals surface area (Å²) >= 11 is 0. The van der Waals surface area contributed by atoms with Crippen LogP contribution in [0.25, 0.3) is 0 Å². The van der Waals surface area contributed by atoms with Gasteiger partial charge in [-0.1, -0.05) is 30.3 Å². The Labute approximate surface area is 123 Å². The second-order valence-corrected chi connectivity index (χ2v) is 4.71. The van der Waals surface area contributed by atoms with Crippen LogP contribution in [0.3, 0.4) is 0 Å². The number of nitrogens with one attached hydrogen (secondary N) is 1. The summed E-state index contributed by atoms with van der Waals surface area (Å²) in [5.41, 5.74) is 1.11. The molecule has 0 saturated carbocycles. The lowest BCUT2D eigenvalue weighted by atomic mass is 10.0. The molecule has 0 aliphatic carbocycles. The zero-order valence-corrected chi connectivity index (χ0v) is 11.9. The Morgan fingerprint density at radius 3 is 2.67 bits per heavy atom. The molecule has 2 rings (SSSR count). The third-order valence-electron chi connectivity index (χ3n) is 3.26. The van der Waals surface area contributed by atoms with Gasteiger partial charge in [-0.15, -0.1) is 0 Å². The van der Waals surface area contributed by atoms with E-state index in [2.05, 4.69) is 5.32 Å². The molecule has 0 unspecified atom stereocenters. The Kier molecular flexibility index (Phi) is 5.54. The van der Waals surface area contributed by atoms with Crippen LogP contribution < -0.4 is 5.32 Å². The van der Waals surface area contributed by atoms with E-state index in [4.69, 9.17) is 9.15 Å². The van der Waals surface area contributed by atoms with Crippen molar-refractivity contribution in [1.29, 1.82) is 0 Å². The second kappa shape index (κ2) is 7.61. The van der Waals surface area contributed by atoms with E-state index in [0.717, 1.165) is 5.56 Å². The van der Waals surface area contributed by atoms with Gasteiger partial charge in [0.05, 0.1) is 13.4 Å². The molecule has 0 aliphatic rings. The summed E-state index contributed by atoms with van der Waals surface area (Å²) in [7, 11) is 1.31. The van der Waals surface area contributed by atoms with Gasteiger partial charge in [-0.2, -0.15) is 0 Å². The monoisotopic (exact) mass is 289 g/mol. The van der Waals surface area contributed by atoms with E-state index in [-0.39, 0.29) is 0 Å². The lowest BCUT2D eigenvalue weighted by Crippen LogP contribution is -2.33.